The molecule has 164 valence electrons. The second-order valence-corrected chi connectivity index (χ2v) is 7.63. The lowest BCUT2D eigenvalue weighted by molar-refractivity contribution is -0.114. The highest BCUT2D eigenvalue weighted by atomic mass is 35.5. The summed E-state index contributed by atoms with van der Waals surface area (Å²) in [4.78, 5) is 24.9. The topological polar surface area (TPSA) is 88.7 Å². The van der Waals surface area contributed by atoms with Gasteiger partial charge in [-0.05, 0) is 36.8 Å². The van der Waals surface area contributed by atoms with Crippen LogP contribution < -0.4 is 25.4 Å². The Morgan fingerprint density at radius 1 is 0.906 bits per heavy atom. The minimum absolute atomic E-state index is 0.0156. The van der Waals surface area contributed by atoms with Crippen molar-refractivity contribution in [3.05, 3.63) is 76.8 Å². The van der Waals surface area contributed by atoms with Crippen molar-refractivity contribution >= 4 is 40.5 Å². The van der Waals surface area contributed by atoms with Gasteiger partial charge in [-0.2, -0.15) is 0 Å². The van der Waals surface area contributed by atoms with Gasteiger partial charge >= 0.3 is 0 Å². The molecule has 0 unspecified atom stereocenters. The smallest absolute Gasteiger partial charge is 0.255 e. The van der Waals surface area contributed by atoms with Gasteiger partial charge in [-0.25, -0.2) is 0 Å². The first-order valence-corrected chi connectivity index (χ1v) is 10.5. The Hall–Kier alpha value is -3.71. The molecule has 0 aliphatic carbocycles. The molecule has 8 heteroatoms. The molecule has 32 heavy (non-hydrogen) atoms. The number of carbonyl (C=O) groups excluding carboxylic acids is 2. The summed E-state index contributed by atoms with van der Waals surface area (Å²) in [6, 6.07) is 17.7. The maximum Gasteiger partial charge on any atom is 0.255 e. The molecular weight excluding hydrogens is 430 g/mol. The van der Waals surface area contributed by atoms with E-state index in [0.29, 0.717) is 46.7 Å². The molecule has 3 aromatic rings. The fraction of sp³-hybridized carbons (Fsp3) is 0.167. The van der Waals surface area contributed by atoms with Crippen LogP contribution in [0.25, 0.3) is 0 Å². The van der Waals surface area contributed by atoms with Crippen molar-refractivity contribution in [1.82, 2.24) is 0 Å². The Morgan fingerprint density at radius 3 is 2.38 bits per heavy atom. The monoisotopic (exact) mass is 451 g/mol. The molecule has 0 atom stereocenters. The molecule has 1 aliphatic rings. The van der Waals surface area contributed by atoms with E-state index in [1.54, 1.807) is 30.3 Å². The summed E-state index contributed by atoms with van der Waals surface area (Å²) in [5.74, 6) is 0.622. The van der Waals surface area contributed by atoms with Crippen LogP contribution >= 0.6 is 11.6 Å². The number of carbonyl (C=O) groups is 2. The number of hydrogen-bond donors (Lipinski definition) is 3. The summed E-state index contributed by atoms with van der Waals surface area (Å²) < 4.78 is 11.0. The summed E-state index contributed by atoms with van der Waals surface area (Å²) in [5, 5.41) is 9.12. The second kappa shape index (κ2) is 9.62. The normalized spacial score (nSPS) is 12.1. The van der Waals surface area contributed by atoms with E-state index in [2.05, 4.69) is 16.0 Å². The third-order valence-corrected chi connectivity index (χ3v) is 5.19. The number of rotatable bonds is 6. The van der Waals surface area contributed by atoms with Crippen LogP contribution in [0.5, 0.6) is 11.5 Å². The summed E-state index contributed by atoms with van der Waals surface area (Å²) in [5.41, 5.74) is 3.32. The molecular formula is C24H22ClN3O4. The van der Waals surface area contributed by atoms with Crippen molar-refractivity contribution in [2.45, 2.75) is 6.92 Å². The lowest BCUT2D eigenvalue weighted by Gasteiger charge is -2.20. The first-order chi connectivity index (χ1) is 15.5. The molecule has 1 heterocycles. The van der Waals surface area contributed by atoms with Crippen molar-refractivity contribution in [2.24, 2.45) is 0 Å². The number of anilines is 3. The van der Waals surface area contributed by atoms with Gasteiger partial charge in [-0.1, -0.05) is 35.9 Å². The molecule has 0 spiro atoms. The largest absolute Gasteiger partial charge is 0.486 e. The zero-order valence-electron chi connectivity index (χ0n) is 17.4. The van der Waals surface area contributed by atoms with Crippen LogP contribution in [0.1, 0.15) is 15.9 Å². The first-order valence-electron chi connectivity index (χ1n) is 10.1. The fourth-order valence-corrected chi connectivity index (χ4v) is 3.41. The van der Waals surface area contributed by atoms with Gasteiger partial charge < -0.3 is 25.4 Å². The molecule has 0 saturated carbocycles. The number of aryl methyl sites for hydroxylation is 1. The van der Waals surface area contributed by atoms with E-state index in [9.17, 15) is 9.59 Å². The Bertz CT molecular complexity index is 1150. The lowest BCUT2D eigenvalue weighted by atomic mass is 10.1. The van der Waals surface area contributed by atoms with Crippen LogP contribution in [0, 0.1) is 6.92 Å². The Morgan fingerprint density at radius 2 is 1.62 bits per heavy atom. The molecule has 0 bridgehead atoms. The molecule has 0 aromatic heterocycles. The quantitative estimate of drug-likeness (QED) is 0.504. The van der Waals surface area contributed by atoms with Gasteiger partial charge in [0.25, 0.3) is 5.91 Å². The molecule has 2 amide bonds. The average Bonchev–Trinajstić information content (AvgIpc) is 2.80. The lowest BCUT2D eigenvalue weighted by Crippen LogP contribution is -2.23. The van der Waals surface area contributed by atoms with Gasteiger partial charge in [0.2, 0.25) is 5.91 Å². The van der Waals surface area contributed by atoms with E-state index in [1.807, 2.05) is 37.3 Å². The van der Waals surface area contributed by atoms with E-state index in [4.69, 9.17) is 21.1 Å². The van der Waals surface area contributed by atoms with Crippen LogP contribution in [0.3, 0.4) is 0 Å². The summed E-state index contributed by atoms with van der Waals surface area (Å²) >= 11 is 6.26. The first kappa shape index (κ1) is 21.5. The van der Waals surface area contributed by atoms with Gasteiger partial charge in [-0.3, -0.25) is 9.59 Å². The maximum atomic E-state index is 12.5. The Kier molecular flexibility index (Phi) is 6.47. The van der Waals surface area contributed by atoms with Crippen molar-refractivity contribution in [2.75, 3.05) is 35.7 Å². The van der Waals surface area contributed by atoms with E-state index in [0.717, 1.165) is 11.3 Å². The summed E-state index contributed by atoms with van der Waals surface area (Å²) in [6.45, 7) is 2.84. The molecule has 7 nitrogen and oxygen atoms in total. The third-order valence-electron chi connectivity index (χ3n) is 4.88. The summed E-state index contributed by atoms with van der Waals surface area (Å²) in [6.07, 6.45) is 0. The van der Waals surface area contributed by atoms with Crippen molar-refractivity contribution < 1.29 is 19.1 Å². The van der Waals surface area contributed by atoms with E-state index in [-0.39, 0.29) is 18.4 Å². The van der Waals surface area contributed by atoms with Crippen molar-refractivity contribution in [1.29, 1.82) is 0 Å². The Labute approximate surface area is 190 Å². The number of nitrogens with one attached hydrogen (secondary N) is 3. The highest BCUT2D eigenvalue weighted by molar-refractivity contribution is 6.34. The zero-order chi connectivity index (χ0) is 22.5. The van der Waals surface area contributed by atoms with E-state index in [1.165, 1.54) is 0 Å². The number of benzene rings is 3. The van der Waals surface area contributed by atoms with Gasteiger partial charge in [0.1, 0.15) is 13.2 Å². The zero-order valence-corrected chi connectivity index (χ0v) is 18.2. The van der Waals surface area contributed by atoms with E-state index < -0.39 is 0 Å². The number of hydrogen-bond acceptors (Lipinski definition) is 5. The number of fused-ring (bicyclic) bond motifs is 1. The van der Waals surface area contributed by atoms with Crippen molar-refractivity contribution in [3.8, 4) is 11.5 Å². The number of ether oxygens (including phenoxy) is 2. The molecule has 3 aromatic carbocycles. The van der Waals surface area contributed by atoms with Crippen LogP contribution in [0.4, 0.5) is 17.1 Å². The van der Waals surface area contributed by atoms with Gasteiger partial charge in [0.15, 0.2) is 11.5 Å². The molecule has 1 aliphatic heterocycles. The summed E-state index contributed by atoms with van der Waals surface area (Å²) in [7, 11) is 0. The van der Waals surface area contributed by atoms with Crippen LogP contribution in [-0.2, 0) is 4.79 Å². The van der Waals surface area contributed by atoms with E-state index >= 15 is 0 Å². The maximum absolute atomic E-state index is 12.5. The standard InChI is InChI=1S/C24H22ClN3O4/c1-15-7-8-17(27-24(30)16-5-3-2-4-6-16)11-19(15)26-14-23(29)28-20-13-22-21(12-18(20)25)31-9-10-32-22/h2-8,11-13,26H,9-10,14H2,1H3,(H,27,30)(H,28,29). The van der Waals surface area contributed by atoms with Gasteiger partial charge in [-0.15, -0.1) is 0 Å². The predicted octanol–water partition coefficient (Wildman–Crippen LogP) is 4.72. The molecule has 0 fully saturated rings. The number of amides is 2. The van der Waals surface area contributed by atoms with Crippen LogP contribution in [0.2, 0.25) is 5.02 Å². The average molecular weight is 452 g/mol. The highest BCUT2D eigenvalue weighted by Crippen LogP contribution is 2.37. The SMILES string of the molecule is Cc1ccc(NC(=O)c2ccccc2)cc1NCC(=O)Nc1cc2c(cc1Cl)OCCO2. The molecule has 4 rings (SSSR count). The number of halogens is 1. The van der Waals surface area contributed by atoms with Gasteiger partial charge in [0.05, 0.1) is 17.3 Å². The third kappa shape index (κ3) is 5.12. The van der Waals surface area contributed by atoms with Crippen molar-refractivity contribution in [3.63, 3.8) is 0 Å². The highest BCUT2D eigenvalue weighted by Gasteiger charge is 2.16. The molecule has 3 N–H and O–H groups in total. The molecule has 0 radical (unpaired) electrons. The minimum Gasteiger partial charge on any atom is -0.486 e. The fourth-order valence-electron chi connectivity index (χ4n) is 3.21. The Balaban J connectivity index is 1.38. The minimum atomic E-state index is -0.276. The molecule has 0 saturated heterocycles. The van der Waals surface area contributed by atoms with Crippen LogP contribution in [0.15, 0.2) is 60.7 Å². The van der Waals surface area contributed by atoms with Crippen LogP contribution in [-0.4, -0.2) is 31.6 Å². The second-order valence-electron chi connectivity index (χ2n) is 7.23. The predicted molar refractivity (Wildman–Crippen MR) is 125 cm³/mol. The van der Waals surface area contributed by atoms with Gasteiger partial charge in [0, 0.05) is 29.1 Å².